The van der Waals surface area contributed by atoms with Crippen LogP contribution in [0.15, 0.2) is 48.5 Å². The van der Waals surface area contributed by atoms with Crippen molar-refractivity contribution in [2.45, 2.75) is 38.3 Å². The summed E-state index contributed by atoms with van der Waals surface area (Å²) in [6, 6.07) is 17.5. The van der Waals surface area contributed by atoms with Gasteiger partial charge in [0.1, 0.15) is 24.2 Å². The normalized spacial score (nSPS) is 12.3. The number of ether oxygens (including phenoxy) is 2. The third-order valence-corrected chi connectivity index (χ3v) is 4.29. The highest BCUT2D eigenvalue weighted by Gasteiger charge is 2.19. The summed E-state index contributed by atoms with van der Waals surface area (Å²) in [7, 11) is 1.66. The molecular formula is C22H28N2O3. The Labute approximate surface area is 161 Å². The summed E-state index contributed by atoms with van der Waals surface area (Å²) < 4.78 is 10.9. The first kappa shape index (κ1) is 20.8. The molecule has 0 radical (unpaired) electrons. The Hall–Kier alpha value is -2.55. The lowest BCUT2D eigenvalue weighted by Gasteiger charge is -2.28. The fourth-order valence-electron chi connectivity index (χ4n) is 2.83. The lowest BCUT2D eigenvalue weighted by atomic mass is 9.94. The molecule has 0 saturated heterocycles. The van der Waals surface area contributed by atoms with Crippen molar-refractivity contribution in [1.29, 1.82) is 5.26 Å². The minimum Gasteiger partial charge on any atom is -0.497 e. The summed E-state index contributed by atoms with van der Waals surface area (Å²) in [5, 5.41) is 22.5. The van der Waals surface area contributed by atoms with Crippen LogP contribution in [0.25, 0.3) is 0 Å². The number of rotatable bonds is 10. The zero-order chi connectivity index (χ0) is 19.7. The molecular weight excluding hydrogens is 340 g/mol. The molecule has 0 heterocycles. The first-order valence-corrected chi connectivity index (χ1v) is 9.07. The van der Waals surface area contributed by atoms with Gasteiger partial charge in [-0.2, -0.15) is 5.26 Å². The molecule has 1 unspecified atom stereocenters. The zero-order valence-electron chi connectivity index (χ0n) is 16.2. The molecule has 5 nitrogen and oxygen atoms in total. The number of hydrogen-bond acceptors (Lipinski definition) is 5. The van der Waals surface area contributed by atoms with Gasteiger partial charge >= 0.3 is 0 Å². The van der Waals surface area contributed by atoms with Crippen molar-refractivity contribution in [3.8, 4) is 17.6 Å². The van der Waals surface area contributed by atoms with Gasteiger partial charge < -0.3 is 19.9 Å². The minimum absolute atomic E-state index is 0.172. The summed E-state index contributed by atoms with van der Waals surface area (Å²) >= 11 is 0. The molecule has 1 atom stereocenters. The van der Waals surface area contributed by atoms with Gasteiger partial charge in [-0.05, 0) is 44.0 Å². The number of hydrogen-bond donors (Lipinski definition) is 2. The SMILES string of the molecule is COc1ccc(CC(C)(C)NCC(O)COc2ccccc2CC#N)cc1. The molecule has 27 heavy (non-hydrogen) atoms. The molecule has 2 aromatic carbocycles. The summed E-state index contributed by atoms with van der Waals surface area (Å²) in [6.45, 7) is 4.80. The van der Waals surface area contributed by atoms with Gasteiger partial charge in [-0.25, -0.2) is 0 Å². The number of nitrogens with one attached hydrogen (secondary N) is 1. The summed E-state index contributed by atoms with van der Waals surface area (Å²) in [5.74, 6) is 1.49. The minimum atomic E-state index is -0.643. The summed E-state index contributed by atoms with van der Waals surface area (Å²) in [6.07, 6.45) is 0.477. The lowest BCUT2D eigenvalue weighted by molar-refractivity contribution is 0.0984. The van der Waals surface area contributed by atoms with Gasteiger partial charge in [-0.3, -0.25) is 0 Å². The predicted octanol–water partition coefficient (Wildman–Crippen LogP) is 3.11. The van der Waals surface area contributed by atoms with E-state index in [1.807, 2.05) is 48.5 Å². The van der Waals surface area contributed by atoms with Gasteiger partial charge in [0.2, 0.25) is 0 Å². The molecule has 0 aliphatic rings. The van der Waals surface area contributed by atoms with Gasteiger partial charge in [0.25, 0.3) is 0 Å². The second-order valence-electron chi connectivity index (χ2n) is 7.20. The highest BCUT2D eigenvalue weighted by molar-refractivity contribution is 5.35. The first-order valence-electron chi connectivity index (χ1n) is 9.07. The number of benzene rings is 2. The van der Waals surface area contributed by atoms with Gasteiger partial charge in [0.15, 0.2) is 0 Å². The lowest BCUT2D eigenvalue weighted by Crippen LogP contribution is -2.46. The van der Waals surface area contributed by atoms with E-state index >= 15 is 0 Å². The number of para-hydroxylation sites is 1. The van der Waals surface area contributed by atoms with Gasteiger partial charge in [0, 0.05) is 17.6 Å². The summed E-state index contributed by atoms with van der Waals surface area (Å²) in [5.41, 5.74) is 1.86. The second-order valence-corrected chi connectivity index (χ2v) is 7.20. The number of β-amino-alcohol motifs (C(OH)–C–C–N with tert-alkyl or cyclic N) is 1. The van der Waals surface area contributed by atoms with E-state index in [-0.39, 0.29) is 12.1 Å². The van der Waals surface area contributed by atoms with E-state index in [0.29, 0.717) is 18.7 Å². The van der Waals surface area contributed by atoms with Crippen LogP contribution >= 0.6 is 0 Å². The molecule has 0 amide bonds. The van der Waals surface area contributed by atoms with Gasteiger partial charge in [-0.15, -0.1) is 0 Å². The molecule has 0 aliphatic heterocycles. The molecule has 2 rings (SSSR count). The largest absolute Gasteiger partial charge is 0.497 e. The molecule has 0 saturated carbocycles. The fraction of sp³-hybridized carbons (Fsp3) is 0.409. The molecule has 0 fully saturated rings. The van der Waals surface area contributed by atoms with Crippen molar-refractivity contribution in [2.75, 3.05) is 20.3 Å². The molecule has 0 aliphatic carbocycles. The van der Waals surface area contributed by atoms with Crippen molar-refractivity contribution < 1.29 is 14.6 Å². The van der Waals surface area contributed by atoms with Gasteiger partial charge in [0.05, 0.1) is 19.6 Å². The third kappa shape index (κ3) is 6.93. The van der Waals surface area contributed by atoms with Crippen molar-refractivity contribution in [2.24, 2.45) is 0 Å². The number of aliphatic hydroxyl groups excluding tert-OH is 1. The van der Waals surface area contributed by atoms with Crippen LogP contribution < -0.4 is 14.8 Å². The molecule has 5 heteroatoms. The molecule has 0 bridgehead atoms. The quantitative estimate of drug-likeness (QED) is 0.674. The van der Waals surface area contributed by atoms with Crippen LogP contribution in [-0.4, -0.2) is 37.0 Å². The van der Waals surface area contributed by atoms with Gasteiger partial charge in [-0.1, -0.05) is 30.3 Å². The Bertz CT molecular complexity index is 751. The monoisotopic (exact) mass is 368 g/mol. The number of nitrogens with zero attached hydrogens (tertiary/aromatic N) is 1. The van der Waals surface area contributed by atoms with Crippen LogP contribution in [0.5, 0.6) is 11.5 Å². The van der Waals surface area contributed by atoms with E-state index in [2.05, 4.69) is 25.2 Å². The zero-order valence-corrected chi connectivity index (χ0v) is 16.2. The van der Waals surface area contributed by atoms with Crippen molar-refractivity contribution in [3.63, 3.8) is 0 Å². The molecule has 0 aromatic heterocycles. The maximum absolute atomic E-state index is 10.3. The predicted molar refractivity (Wildman–Crippen MR) is 106 cm³/mol. The first-order chi connectivity index (χ1) is 12.9. The van der Waals surface area contributed by atoms with Crippen LogP contribution in [0, 0.1) is 11.3 Å². The molecule has 2 aromatic rings. The Morgan fingerprint density at radius 3 is 2.52 bits per heavy atom. The highest BCUT2D eigenvalue weighted by atomic mass is 16.5. The third-order valence-electron chi connectivity index (χ3n) is 4.29. The number of methoxy groups -OCH3 is 1. The fourth-order valence-corrected chi connectivity index (χ4v) is 2.83. The smallest absolute Gasteiger partial charge is 0.123 e. The Morgan fingerprint density at radius 1 is 1.15 bits per heavy atom. The Kier molecular flexibility index (Phi) is 7.66. The van der Waals surface area contributed by atoms with Crippen LogP contribution in [0.2, 0.25) is 0 Å². The van der Waals surface area contributed by atoms with Crippen LogP contribution in [-0.2, 0) is 12.8 Å². The van der Waals surface area contributed by atoms with Crippen LogP contribution in [0.1, 0.15) is 25.0 Å². The average Bonchev–Trinajstić information content (AvgIpc) is 2.66. The van der Waals surface area contributed by atoms with Crippen LogP contribution in [0.3, 0.4) is 0 Å². The second kappa shape index (κ2) is 9.96. The van der Waals surface area contributed by atoms with E-state index in [9.17, 15) is 5.11 Å². The average molecular weight is 368 g/mol. The molecule has 0 spiro atoms. The Balaban J connectivity index is 1.81. The van der Waals surface area contributed by atoms with E-state index in [1.54, 1.807) is 7.11 Å². The number of nitriles is 1. The van der Waals surface area contributed by atoms with Crippen LogP contribution in [0.4, 0.5) is 0 Å². The van der Waals surface area contributed by atoms with Crippen molar-refractivity contribution in [1.82, 2.24) is 5.32 Å². The number of aliphatic hydroxyl groups is 1. The highest BCUT2D eigenvalue weighted by Crippen LogP contribution is 2.19. The molecule has 144 valence electrons. The maximum atomic E-state index is 10.3. The van der Waals surface area contributed by atoms with E-state index in [1.165, 1.54) is 5.56 Å². The summed E-state index contributed by atoms with van der Waals surface area (Å²) in [4.78, 5) is 0. The van der Waals surface area contributed by atoms with Crippen molar-refractivity contribution in [3.05, 3.63) is 59.7 Å². The van der Waals surface area contributed by atoms with Crippen molar-refractivity contribution >= 4 is 0 Å². The Morgan fingerprint density at radius 2 is 1.85 bits per heavy atom. The van der Waals surface area contributed by atoms with E-state index in [4.69, 9.17) is 14.7 Å². The molecule has 2 N–H and O–H groups in total. The van der Waals surface area contributed by atoms with E-state index < -0.39 is 6.10 Å². The standard InChI is InChI=1S/C22H28N2O3/c1-22(2,14-17-8-10-20(26-3)11-9-17)24-15-19(25)16-27-21-7-5-4-6-18(21)12-13-23/h4-11,19,24-25H,12,14-16H2,1-3H3. The van der Waals surface area contributed by atoms with E-state index in [0.717, 1.165) is 17.7 Å². The maximum Gasteiger partial charge on any atom is 0.123 e. The topological polar surface area (TPSA) is 74.5 Å².